The number of amides is 1. The van der Waals surface area contributed by atoms with Gasteiger partial charge in [0.1, 0.15) is 0 Å². The fourth-order valence-electron chi connectivity index (χ4n) is 2.31. The molecule has 0 aliphatic heterocycles. The van der Waals surface area contributed by atoms with Crippen molar-refractivity contribution in [3.63, 3.8) is 0 Å². The van der Waals surface area contributed by atoms with E-state index in [1.165, 1.54) is 16.9 Å². The monoisotopic (exact) mass is 384 g/mol. The quantitative estimate of drug-likeness (QED) is 0.654. The Labute approximate surface area is 157 Å². The number of rotatable bonds is 6. The van der Waals surface area contributed by atoms with Crippen LogP contribution >= 0.6 is 34.5 Å². The van der Waals surface area contributed by atoms with Crippen molar-refractivity contribution in [2.45, 2.75) is 45.4 Å². The molecule has 0 fully saturated rings. The van der Waals surface area contributed by atoms with Crippen molar-refractivity contribution >= 4 is 45.6 Å². The summed E-state index contributed by atoms with van der Waals surface area (Å²) in [7, 11) is 0. The Morgan fingerprint density at radius 1 is 1.25 bits per heavy atom. The van der Waals surface area contributed by atoms with Crippen LogP contribution in [0.5, 0.6) is 0 Å². The van der Waals surface area contributed by atoms with Crippen LogP contribution < -0.4 is 5.32 Å². The maximum Gasteiger partial charge on any atom is 0.226 e. The van der Waals surface area contributed by atoms with Crippen LogP contribution in [0, 0.1) is 0 Å². The highest BCUT2D eigenvalue weighted by atomic mass is 35.5. The summed E-state index contributed by atoms with van der Waals surface area (Å²) in [4.78, 5) is 17.8. The number of carbonyl (C=O) groups is 1. The zero-order valence-corrected chi connectivity index (χ0v) is 16.5. The van der Waals surface area contributed by atoms with Gasteiger partial charge in [0.2, 0.25) is 5.91 Å². The van der Waals surface area contributed by atoms with Gasteiger partial charge in [-0.1, -0.05) is 44.5 Å². The first-order chi connectivity index (χ1) is 11.3. The number of hydrogen-bond acceptors (Lipinski definition) is 3. The standard InChI is InChI=1S/C18H22Cl2N2OS/c1-18(2,3)16-14(11-12-6-8-13(20)9-7-12)24-17(22-16)21-15(23)5-4-10-19/h6-9H,4-5,10-11H2,1-3H3,(H,21,22,23). The van der Waals surface area contributed by atoms with Crippen molar-refractivity contribution in [2.75, 3.05) is 11.2 Å². The maximum absolute atomic E-state index is 11.9. The summed E-state index contributed by atoms with van der Waals surface area (Å²) in [6.07, 6.45) is 1.86. The van der Waals surface area contributed by atoms with Crippen molar-refractivity contribution in [3.05, 3.63) is 45.4 Å². The second-order valence-corrected chi connectivity index (χ2v) is 8.58. The summed E-state index contributed by atoms with van der Waals surface area (Å²) < 4.78 is 0. The van der Waals surface area contributed by atoms with Crippen LogP contribution in [0.1, 0.15) is 49.7 Å². The van der Waals surface area contributed by atoms with E-state index >= 15 is 0 Å². The van der Waals surface area contributed by atoms with Gasteiger partial charge in [0.15, 0.2) is 5.13 Å². The fraction of sp³-hybridized carbons (Fsp3) is 0.444. The van der Waals surface area contributed by atoms with Crippen LogP contribution in [0.2, 0.25) is 5.02 Å². The van der Waals surface area contributed by atoms with Gasteiger partial charge in [-0.05, 0) is 24.1 Å². The first kappa shape index (κ1) is 19.2. The van der Waals surface area contributed by atoms with Crippen molar-refractivity contribution in [1.29, 1.82) is 0 Å². The summed E-state index contributed by atoms with van der Waals surface area (Å²) in [6.45, 7) is 6.39. The molecule has 0 spiro atoms. The van der Waals surface area contributed by atoms with Gasteiger partial charge in [0.05, 0.1) is 5.69 Å². The van der Waals surface area contributed by atoms with Crippen LogP contribution in [0.4, 0.5) is 5.13 Å². The van der Waals surface area contributed by atoms with Gasteiger partial charge < -0.3 is 5.32 Å². The number of aromatic nitrogens is 1. The molecule has 1 aromatic heterocycles. The van der Waals surface area contributed by atoms with Gasteiger partial charge in [-0.3, -0.25) is 4.79 Å². The van der Waals surface area contributed by atoms with E-state index in [9.17, 15) is 4.79 Å². The molecule has 1 amide bonds. The number of nitrogens with one attached hydrogen (secondary N) is 1. The van der Waals surface area contributed by atoms with Crippen LogP contribution in [-0.2, 0) is 16.6 Å². The molecule has 2 aromatic rings. The molecule has 0 aliphatic rings. The third-order valence-corrected chi connectivity index (χ3v) is 4.96. The van der Waals surface area contributed by atoms with Gasteiger partial charge >= 0.3 is 0 Å². The molecule has 0 aliphatic carbocycles. The predicted molar refractivity (Wildman–Crippen MR) is 104 cm³/mol. The van der Waals surface area contributed by atoms with Gasteiger partial charge in [-0.15, -0.1) is 22.9 Å². The second-order valence-electron chi connectivity index (χ2n) is 6.68. The molecule has 0 bridgehead atoms. The highest BCUT2D eigenvalue weighted by Crippen LogP contribution is 2.34. The molecule has 0 saturated carbocycles. The molecule has 24 heavy (non-hydrogen) atoms. The molecule has 0 atom stereocenters. The highest BCUT2D eigenvalue weighted by molar-refractivity contribution is 7.15. The minimum atomic E-state index is -0.0859. The van der Waals surface area contributed by atoms with Crippen LogP contribution in [-0.4, -0.2) is 16.8 Å². The number of benzene rings is 1. The Hall–Kier alpha value is -1.10. The Bertz CT molecular complexity index is 690. The average molecular weight is 385 g/mol. The number of halogens is 2. The zero-order valence-electron chi connectivity index (χ0n) is 14.2. The largest absolute Gasteiger partial charge is 0.302 e. The first-order valence-electron chi connectivity index (χ1n) is 7.90. The number of carbonyl (C=O) groups excluding carboxylic acids is 1. The molecular formula is C18H22Cl2N2OS. The topological polar surface area (TPSA) is 42.0 Å². The molecular weight excluding hydrogens is 363 g/mol. The lowest BCUT2D eigenvalue weighted by Gasteiger charge is -2.17. The molecule has 1 N–H and O–H groups in total. The third kappa shape index (κ3) is 5.47. The zero-order chi connectivity index (χ0) is 17.7. The fourth-order valence-corrected chi connectivity index (χ4v) is 3.79. The molecule has 2 rings (SSSR count). The van der Waals surface area contributed by atoms with Gasteiger partial charge in [0, 0.05) is 34.0 Å². The number of alkyl halides is 1. The van der Waals surface area contributed by atoms with Gasteiger partial charge in [0.25, 0.3) is 0 Å². The minimum absolute atomic E-state index is 0.0390. The molecule has 130 valence electrons. The molecule has 6 heteroatoms. The lowest BCUT2D eigenvalue weighted by atomic mass is 9.90. The lowest BCUT2D eigenvalue weighted by Crippen LogP contribution is -2.15. The first-order valence-corrected chi connectivity index (χ1v) is 9.63. The summed E-state index contributed by atoms with van der Waals surface area (Å²) >= 11 is 13.1. The normalized spacial score (nSPS) is 11.5. The smallest absolute Gasteiger partial charge is 0.226 e. The summed E-state index contributed by atoms with van der Waals surface area (Å²) in [6, 6.07) is 7.83. The van der Waals surface area contributed by atoms with Crippen molar-refractivity contribution < 1.29 is 4.79 Å². The van der Waals surface area contributed by atoms with E-state index < -0.39 is 0 Å². The average Bonchev–Trinajstić information content (AvgIpc) is 2.90. The Morgan fingerprint density at radius 2 is 1.92 bits per heavy atom. The molecule has 1 aromatic carbocycles. The lowest BCUT2D eigenvalue weighted by molar-refractivity contribution is -0.116. The van der Waals surface area contributed by atoms with E-state index in [-0.39, 0.29) is 11.3 Å². The number of thiazole rings is 1. The van der Waals surface area contributed by atoms with E-state index in [0.29, 0.717) is 23.9 Å². The van der Waals surface area contributed by atoms with Crippen LogP contribution in [0.3, 0.4) is 0 Å². The van der Waals surface area contributed by atoms with E-state index in [2.05, 4.69) is 31.1 Å². The second kappa shape index (κ2) is 8.32. The maximum atomic E-state index is 11.9. The highest BCUT2D eigenvalue weighted by Gasteiger charge is 2.24. The Balaban J connectivity index is 2.22. The third-order valence-electron chi connectivity index (χ3n) is 3.47. The van der Waals surface area contributed by atoms with E-state index in [1.54, 1.807) is 0 Å². The van der Waals surface area contributed by atoms with Crippen molar-refractivity contribution in [2.24, 2.45) is 0 Å². The van der Waals surface area contributed by atoms with Crippen molar-refractivity contribution in [3.8, 4) is 0 Å². The SMILES string of the molecule is CC(C)(C)c1nc(NC(=O)CCCCl)sc1Cc1ccc(Cl)cc1. The molecule has 1 heterocycles. The Morgan fingerprint density at radius 3 is 2.50 bits per heavy atom. The molecule has 0 saturated heterocycles. The number of hydrogen-bond donors (Lipinski definition) is 1. The molecule has 0 radical (unpaired) electrons. The van der Waals surface area contributed by atoms with Crippen molar-refractivity contribution in [1.82, 2.24) is 4.98 Å². The van der Waals surface area contributed by atoms with E-state index in [1.807, 2.05) is 24.3 Å². The Kier molecular flexibility index (Phi) is 6.67. The number of nitrogens with zero attached hydrogens (tertiary/aromatic N) is 1. The van der Waals surface area contributed by atoms with Gasteiger partial charge in [-0.2, -0.15) is 0 Å². The number of anilines is 1. The van der Waals surface area contributed by atoms with Crippen LogP contribution in [0.15, 0.2) is 24.3 Å². The molecule has 3 nitrogen and oxygen atoms in total. The van der Waals surface area contributed by atoms with E-state index in [4.69, 9.17) is 23.2 Å². The molecule has 0 unspecified atom stereocenters. The summed E-state index contributed by atoms with van der Waals surface area (Å²) in [5.41, 5.74) is 2.11. The van der Waals surface area contributed by atoms with Crippen LogP contribution in [0.25, 0.3) is 0 Å². The minimum Gasteiger partial charge on any atom is -0.302 e. The summed E-state index contributed by atoms with van der Waals surface area (Å²) in [5.74, 6) is 0.447. The van der Waals surface area contributed by atoms with E-state index in [0.717, 1.165) is 22.0 Å². The summed E-state index contributed by atoms with van der Waals surface area (Å²) in [5, 5.41) is 4.28. The predicted octanol–water partition coefficient (Wildman–Crippen LogP) is 5.64. The van der Waals surface area contributed by atoms with Gasteiger partial charge in [-0.25, -0.2) is 4.98 Å².